The molecule has 6 nitrogen and oxygen atoms in total. The lowest BCUT2D eigenvalue weighted by Crippen LogP contribution is -2.40. The molecule has 124 valence electrons. The van der Waals surface area contributed by atoms with E-state index >= 15 is 0 Å². The summed E-state index contributed by atoms with van der Waals surface area (Å²) in [5.41, 5.74) is 0. The molecule has 1 N–H and O–H groups in total. The largest absolute Gasteiger partial charge is 0.491 e. The summed E-state index contributed by atoms with van der Waals surface area (Å²) in [6, 6.07) is 6.10. The summed E-state index contributed by atoms with van der Waals surface area (Å²) >= 11 is 0. The highest BCUT2D eigenvalue weighted by molar-refractivity contribution is 7.89. The average Bonchev–Trinajstić information content (AvgIpc) is 3.02. The lowest BCUT2D eigenvalue weighted by molar-refractivity contribution is 0.0902. The molecule has 1 aromatic rings. The molecular formula is C15H23NO5S. The Morgan fingerprint density at radius 3 is 2.64 bits per heavy atom. The Balaban J connectivity index is 1.96. The zero-order chi connectivity index (χ0) is 16.0. The molecule has 0 spiro atoms. The number of methoxy groups -OCH3 is 1. The van der Waals surface area contributed by atoms with Crippen molar-refractivity contribution in [3.8, 4) is 5.75 Å². The van der Waals surface area contributed by atoms with E-state index in [0.29, 0.717) is 25.6 Å². The van der Waals surface area contributed by atoms with Crippen LogP contribution in [-0.4, -0.2) is 47.5 Å². The second-order valence-corrected chi connectivity index (χ2v) is 6.99. The van der Waals surface area contributed by atoms with Gasteiger partial charge in [0, 0.05) is 19.8 Å². The monoisotopic (exact) mass is 329 g/mol. The summed E-state index contributed by atoms with van der Waals surface area (Å²) in [5, 5.41) is 0. The van der Waals surface area contributed by atoms with Gasteiger partial charge in [0.1, 0.15) is 12.4 Å². The fraction of sp³-hybridized carbons (Fsp3) is 0.600. The normalized spacial score (nSPS) is 20.0. The van der Waals surface area contributed by atoms with Crippen LogP contribution in [-0.2, 0) is 19.5 Å². The van der Waals surface area contributed by atoms with Gasteiger partial charge in [-0.15, -0.1) is 0 Å². The third kappa shape index (κ3) is 4.67. The van der Waals surface area contributed by atoms with E-state index in [9.17, 15) is 8.42 Å². The van der Waals surface area contributed by atoms with Gasteiger partial charge in [0.15, 0.2) is 0 Å². The third-order valence-corrected chi connectivity index (χ3v) is 5.13. The van der Waals surface area contributed by atoms with E-state index in [1.165, 1.54) is 12.1 Å². The Labute approximate surface area is 131 Å². The summed E-state index contributed by atoms with van der Waals surface area (Å²) in [6.45, 7) is 3.44. The van der Waals surface area contributed by atoms with Crippen molar-refractivity contribution in [3.63, 3.8) is 0 Å². The molecule has 1 aliphatic heterocycles. The van der Waals surface area contributed by atoms with E-state index in [4.69, 9.17) is 14.2 Å². The van der Waals surface area contributed by atoms with Gasteiger partial charge < -0.3 is 14.2 Å². The second-order valence-electron chi connectivity index (χ2n) is 5.27. The molecule has 0 radical (unpaired) electrons. The average molecular weight is 329 g/mol. The molecule has 1 fully saturated rings. The van der Waals surface area contributed by atoms with Crippen molar-refractivity contribution in [3.05, 3.63) is 24.3 Å². The lowest BCUT2D eigenvalue weighted by Gasteiger charge is -2.20. The van der Waals surface area contributed by atoms with E-state index < -0.39 is 10.0 Å². The zero-order valence-corrected chi connectivity index (χ0v) is 13.8. The molecule has 2 atom stereocenters. The van der Waals surface area contributed by atoms with Gasteiger partial charge in [0.05, 0.1) is 17.6 Å². The zero-order valence-electron chi connectivity index (χ0n) is 12.9. The SMILES string of the molecule is COCCOc1ccc(S(=O)(=O)N[C@H](C)[C@H]2CCCO2)cc1. The molecule has 0 bridgehead atoms. The molecular weight excluding hydrogens is 306 g/mol. The van der Waals surface area contributed by atoms with E-state index in [-0.39, 0.29) is 17.0 Å². The first kappa shape index (κ1) is 17.2. The maximum absolute atomic E-state index is 12.3. The van der Waals surface area contributed by atoms with Gasteiger partial charge in [0.25, 0.3) is 0 Å². The predicted octanol–water partition coefficient (Wildman–Crippen LogP) is 1.56. The third-order valence-electron chi connectivity index (χ3n) is 3.55. The Morgan fingerprint density at radius 1 is 1.32 bits per heavy atom. The Hall–Kier alpha value is -1.15. The van der Waals surface area contributed by atoms with Gasteiger partial charge in [-0.3, -0.25) is 0 Å². The van der Waals surface area contributed by atoms with Gasteiger partial charge in [-0.25, -0.2) is 13.1 Å². The minimum absolute atomic E-state index is 0.0496. The fourth-order valence-corrected chi connectivity index (χ4v) is 3.62. The first-order valence-electron chi connectivity index (χ1n) is 7.38. The predicted molar refractivity (Wildman–Crippen MR) is 82.6 cm³/mol. The molecule has 2 rings (SSSR count). The number of ether oxygens (including phenoxy) is 3. The highest BCUT2D eigenvalue weighted by Crippen LogP contribution is 2.19. The van der Waals surface area contributed by atoms with Crippen molar-refractivity contribution in [1.29, 1.82) is 0 Å². The first-order valence-corrected chi connectivity index (χ1v) is 8.87. The maximum Gasteiger partial charge on any atom is 0.240 e. The molecule has 0 aromatic heterocycles. The smallest absolute Gasteiger partial charge is 0.240 e. The summed E-state index contributed by atoms with van der Waals surface area (Å²) in [6.07, 6.45) is 1.81. The van der Waals surface area contributed by atoms with Gasteiger partial charge in [-0.1, -0.05) is 0 Å². The van der Waals surface area contributed by atoms with Crippen LogP contribution in [0.4, 0.5) is 0 Å². The second kappa shape index (κ2) is 7.92. The highest BCUT2D eigenvalue weighted by atomic mass is 32.2. The molecule has 22 heavy (non-hydrogen) atoms. The standard InChI is InChI=1S/C15H23NO5S/c1-12(15-4-3-9-21-15)16-22(17,18)14-7-5-13(6-8-14)20-11-10-19-2/h5-8,12,15-16H,3-4,9-11H2,1-2H3/t12-,15-/m1/s1. The molecule has 7 heteroatoms. The molecule has 1 saturated heterocycles. The van der Waals surface area contributed by atoms with Crippen LogP contribution in [0, 0.1) is 0 Å². The molecule has 0 aliphatic carbocycles. The van der Waals surface area contributed by atoms with Crippen LogP contribution in [0.3, 0.4) is 0 Å². The van der Waals surface area contributed by atoms with E-state index in [2.05, 4.69) is 4.72 Å². The number of nitrogens with one attached hydrogen (secondary N) is 1. The van der Waals surface area contributed by atoms with Crippen LogP contribution in [0.1, 0.15) is 19.8 Å². The Bertz CT molecular complexity index is 552. The van der Waals surface area contributed by atoms with E-state index in [1.807, 2.05) is 6.92 Å². The maximum atomic E-state index is 12.3. The minimum atomic E-state index is -3.55. The summed E-state index contributed by atoms with van der Waals surface area (Å²) < 4.78 is 43.2. The molecule has 0 unspecified atom stereocenters. The fourth-order valence-electron chi connectivity index (χ4n) is 2.34. The van der Waals surface area contributed by atoms with Crippen molar-refractivity contribution in [2.75, 3.05) is 26.9 Å². The van der Waals surface area contributed by atoms with Gasteiger partial charge in [-0.2, -0.15) is 0 Å². The number of rotatable bonds is 8. The Morgan fingerprint density at radius 2 is 2.05 bits per heavy atom. The molecule has 1 heterocycles. The topological polar surface area (TPSA) is 73.9 Å². The number of hydrogen-bond donors (Lipinski definition) is 1. The van der Waals surface area contributed by atoms with Gasteiger partial charge >= 0.3 is 0 Å². The van der Waals surface area contributed by atoms with E-state index in [1.54, 1.807) is 19.2 Å². The van der Waals surface area contributed by atoms with Crippen molar-refractivity contribution >= 4 is 10.0 Å². The lowest BCUT2D eigenvalue weighted by atomic mass is 10.1. The molecule has 0 saturated carbocycles. The Kier molecular flexibility index (Phi) is 6.19. The van der Waals surface area contributed by atoms with E-state index in [0.717, 1.165) is 12.8 Å². The van der Waals surface area contributed by atoms with Gasteiger partial charge in [-0.05, 0) is 44.0 Å². The summed E-state index contributed by atoms with van der Waals surface area (Å²) in [4.78, 5) is 0.219. The minimum Gasteiger partial charge on any atom is -0.491 e. The first-order chi connectivity index (χ1) is 10.5. The molecule has 0 amide bonds. The van der Waals surface area contributed by atoms with Crippen molar-refractivity contribution < 1.29 is 22.6 Å². The van der Waals surface area contributed by atoms with Crippen LogP contribution in [0.25, 0.3) is 0 Å². The van der Waals surface area contributed by atoms with Crippen LogP contribution >= 0.6 is 0 Å². The summed E-state index contributed by atoms with van der Waals surface area (Å²) in [5.74, 6) is 0.614. The number of hydrogen-bond acceptors (Lipinski definition) is 5. The van der Waals surface area contributed by atoms with Crippen LogP contribution in [0.5, 0.6) is 5.75 Å². The van der Waals surface area contributed by atoms with Crippen molar-refractivity contribution in [1.82, 2.24) is 4.72 Å². The van der Waals surface area contributed by atoms with Crippen LogP contribution in [0.2, 0.25) is 0 Å². The highest BCUT2D eigenvalue weighted by Gasteiger charge is 2.26. The quantitative estimate of drug-likeness (QED) is 0.733. The molecule has 1 aliphatic rings. The summed E-state index contributed by atoms with van der Waals surface area (Å²) in [7, 11) is -1.95. The number of benzene rings is 1. The van der Waals surface area contributed by atoms with Crippen molar-refractivity contribution in [2.24, 2.45) is 0 Å². The van der Waals surface area contributed by atoms with Crippen LogP contribution < -0.4 is 9.46 Å². The van der Waals surface area contributed by atoms with Crippen LogP contribution in [0.15, 0.2) is 29.2 Å². The van der Waals surface area contributed by atoms with Gasteiger partial charge in [0.2, 0.25) is 10.0 Å². The van der Waals surface area contributed by atoms with Crippen molar-refractivity contribution in [2.45, 2.75) is 36.8 Å². The molecule has 1 aromatic carbocycles. The number of sulfonamides is 1.